The molecule has 26 heavy (non-hydrogen) atoms. The molecule has 0 radical (unpaired) electrons. The van der Waals surface area contributed by atoms with E-state index in [9.17, 15) is 13.2 Å². The van der Waals surface area contributed by atoms with Crippen molar-refractivity contribution in [3.8, 4) is 5.75 Å². The van der Waals surface area contributed by atoms with Gasteiger partial charge in [0.05, 0.1) is 24.7 Å². The number of hydrogen-bond donors (Lipinski definition) is 0. The Balaban J connectivity index is 1.89. The molecular weight excluding hydrogens is 354 g/mol. The summed E-state index contributed by atoms with van der Waals surface area (Å²) in [4.78, 5) is 14.7. The first-order chi connectivity index (χ1) is 12.4. The molecule has 3 rings (SSSR count). The number of carbonyl (C=O) groups excluding carboxylic acids is 1. The van der Waals surface area contributed by atoms with Crippen molar-refractivity contribution in [3.05, 3.63) is 53.5 Å². The summed E-state index contributed by atoms with van der Waals surface area (Å²) in [5.74, 6) is 1.89. The first-order valence-corrected chi connectivity index (χ1v) is 10.5. The number of ether oxygens (including phenoxy) is 1. The third-order valence-corrected chi connectivity index (χ3v) is 6.17. The maximum absolute atomic E-state index is 13.1. The average Bonchev–Trinajstić information content (AvgIpc) is 3.17. The number of rotatable bonds is 6. The largest absolute Gasteiger partial charge is 0.494 e. The number of sulfone groups is 1. The van der Waals surface area contributed by atoms with E-state index in [-0.39, 0.29) is 30.0 Å². The van der Waals surface area contributed by atoms with Crippen molar-refractivity contribution in [3.63, 3.8) is 0 Å². The molecule has 7 heteroatoms. The first-order valence-electron chi connectivity index (χ1n) is 8.67. The quantitative estimate of drug-likeness (QED) is 0.774. The lowest BCUT2D eigenvalue weighted by Gasteiger charge is -2.27. The van der Waals surface area contributed by atoms with Gasteiger partial charge in [0.25, 0.3) is 5.91 Å². The molecule has 1 amide bonds. The predicted molar refractivity (Wildman–Crippen MR) is 98.0 cm³/mol. The van der Waals surface area contributed by atoms with Gasteiger partial charge >= 0.3 is 0 Å². The minimum atomic E-state index is -3.11. The zero-order valence-corrected chi connectivity index (χ0v) is 15.8. The SMILES string of the molecule is CCOc1cccc(C(=O)N(Cc2ccc(C)o2)[C@@H]2CCS(=O)(=O)C2)c1. The Hall–Kier alpha value is -2.28. The van der Waals surface area contributed by atoms with Crippen LogP contribution in [0.3, 0.4) is 0 Å². The van der Waals surface area contributed by atoms with Gasteiger partial charge in [-0.05, 0) is 50.6 Å². The Kier molecular flexibility index (Phi) is 5.36. The van der Waals surface area contributed by atoms with Crippen molar-refractivity contribution in [2.45, 2.75) is 32.9 Å². The van der Waals surface area contributed by atoms with Crippen LogP contribution in [0.25, 0.3) is 0 Å². The Morgan fingerprint density at radius 2 is 2.12 bits per heavy atom. The monoisotopic (exact) mass is 377 g/mol. The molecule has 2 aromatic rings. The van der Waals surface area contributed by atoms with Crippen LogP contribution in [0, 0.1) is 6.92 Å². The van der Waals surface area contributed by atoms with E-state index in [1.807, 2.05) is 26.0 Å². The van der Waals surface area contributed by atoms with E-state index in [0.29, 0.717) is 30.1 Å². The second kappa shape index (κ2) is 7.53. The smallest absolute Gasteiger partial charge is 0.254 e. The third-order valence-electron chi connectivity index (χ3n) is 4.42. The minimum Gasteiger partial charge on any atom is -0.494 e. The van der Waals surface area contributed by atoms with Crippen LogP contribution in [0.1, 0.15) is 35.2 Å². The summed E-state index contributed by atoms with van der Waals surface area (Å²) in [6.07, 6.45) is 0.443. The maximum Gasteiger partial charge on any atom is 0.254 e. The van der Waals surface area contributed by atoms with Gasteiger partial charge in [-0.2, -0.15) is 0 Å². The standard InChI is InChI=1S/C19H23NO5S/c1-3-24-17-6-4-5-15(11-17)19(21)20(12-18-8-7-14(2)25-18)16-9-10-26(22,23)13-16/h4-8,11,16H,3,9-10,12-13H2,1-2H3/t16-/m1/s1. The summed E-state index contributed by atoms with van der Waals surface area (Å²) in [7, 11) is -3.11. The number of furan rings is 1. The molecule has 1 aliphatic heterocycles. The van der Waals surface area contributed by atoms with Crippen molar-refractivity contribution in [1.29, 1.82) is 0 Å². The van der Waals surface area contributed by atoms with Crippen LogP contribution >= 0.6 is 0 Å². The fraction of sp³-hybridized carbons (Fsp3) is 0.421. The molecule has 1 aromatic carbocycles. The molecule has 6 nitrogen and oxygen atoms in total. The van der Waals surface area contributed by atoms with Crippen molar-refractivity contribution in [2.75, 3.05) is 18.1 Å². The number of hydrogen-bond acceptors (Lipinski definition) is 5. The molecule has 0 N–H and O–H groups in total. The molecule has 1 aliphatic rings. The normalized spacial score (nSPS) is 18.6. The van der Waals surface area contributed by atoms with Gasteiger partial charge in [0.15, 0.2) is 9.84 Å². The highest BCUT2D eigenvalue weighted by Gasteiger charge is 2.35. The molecule has 2 heterocycles. The topological polar surface area (TPSA) is 76.8 Å². The van der Waals surface area contributed by atoms with Crippen LogP contribution in [-0.2, 0) is 16.4 Å². The van der Waals surface area contributed by atoms with Gasteiger partial charge in [-0.25, -0.2) is 8.42 Å². The van der Waals surface area contributed by atoms with E-state index in [2.05, 4.69) is 0 Å². The number of amides is 1. The van der Waals surface area contributed by atoms with Crippen LogP contribution in [0.4, 0.5) is 0 Å². The number of nitrogens with zero attached hydrogens (tertiary/aromatic N) is 1. The first kappa shape index (κ1) is 18.5. The second-order valence-corrected chi connectivity index (χ2v) is 8.69. The Morgan fingerprint density at radius 3 is 2.73 bits per heavy atom. The molecule has 0 unspecified atom stereocenters. The summed E-state index contributed by atoms with van der Waals surface area (Å²) in [5, 5.41) is 0. The lowest BCUT2D eigenvalue weighted by molar-refractivity contribution is 0.0665. The van der Waals surface area contributed by atoms with Crippen molar-refractivity contribution in [1.82, 2.24) is 4.90 Å². The number of benzene rings is 1. The van der Waals surface area contributed by atoms with Crippen LogP contribution < -0.4 is 4.74 Å². The molecule has 1 fully saturated rings. The number of aryl methyl sites for hydroxylation is 1. The summed E-state index contributed by atoms with van der Waals surface area (Å²) < 4.78 is 34.9. The number of carbonyl (C=O) groups is 1. The zero-order chi connectivity index (χ0) is 18.7. The summed E-state index contributed by atoms with van der Waals surface area (Å²) in [6, 6.07) is 10.3. The lowest BCUT2D eigenvalue weighted by atomic mass is 10.1. The lowest BCUT2D eigenvalue weighted by Crippen LogP contribution is -2.40. The zero-order valence-electron chi connectivity index (χ0n) is 15.0. The van der Waals surface area contributed by atoms with E-state index in [1.165, 1.54) is 0 Å². The fourth-order valence-corrected chi connectivity index (χ4v) is 4.91. The van der Waals surface area contributed by atoms with Crippen LogP contribution in [0.2, 0.25) is 0 Å². The van der Waals surface area contributed by atoms with Crippen LogP contribution in [0.5, 0.6) is 5.75 Å². The summed E-state index contributed by atoms with van der Waals surface area (Å²) >= 11 is 0. The highest BCUT2D eigenvalue weighted by atomic mass is 32.2. The van der Waals surface area contributed by atoms with Crippen molar-refractivity contribution in [2.24, 2.45) is 0 Å². The van der Waals surface area contributed by atoms with Crippen molar-refractivity contribution >= 4 is 15.7 Å². The van der Waals surface area contributed by atoms with Crippen molar-refractivity contribution < 1.29 is 22.4 Å². The van der Waals surface area contributed by atoms with E-state index in [4.69, 9.17) is 9.15 Å². The minimum absolute atomic E-state index is 0.0103. The highest BCUT2D eigenvalue weighted by molar-refractivity contribution is 7.91. The second-order valence-electron chi connectivity index (χ2n) is 6.46. The molecule has 1 aromatic heterocycles. The van der Waals surface area contributed by atoms with Gasteiger partial charge in [0.2, 0.25) is 0 Å². The van der Waals surface area contributed by atoms with Gasteiger partial charge in [-0.15, -0.1) is 0 Å². The van der Waals surface area contributed by atoms with Crippen LogP contribution in [-0.4, -0.2) is 43.4 Å². The van der Waals surface area contributed by atoms with E-state index in [1.54, 1.807) is 29.2 Å². The molecule has 1 saturated heterocycles. The van der Waals surface area contributed by atoms with Gasteiger partial charge in [-0.1, -0.05) is 6.07 Å². The maximum atomic E-state index is 13.1. The van der Waals surface area contributed by atoms with Crippen LogP contribution in [0.15, 0.2) is 40.8 Å². The molecule has 1 atom stereocenters. The fourth-order valence-electron chi connectivity index (χ4n) is 3.18. The van der Waals surface area contributed by atoms with E-state index >= 15 is 0 Å². The Morgan fingerprint density at radius 1 is 1.31 bits per heavy atom. The Bertz CT molecular complexity index is 887. The highest BCUT2D eigenvalue weighted by Crippen LogP contribution is 2.24. The van der Waals surface area contributed by atoms with Gasteiger partial charge in [-0.3, -0.25) is 4.79 Å². The molecular formula is C19H23NO5S. The Labute approximate surface area is 153 Å². The molecule has 0 saturated carbocycles. The molecule has 0 bridgehead atoms. The van der Waals surface area contributed by atoms with E-state index < -0.39 is 9.84 Å². The molecule has 0 aliphatic carbocycles. The van der Waals surface area contributed by atoms with Gasteiger partial charge < -0.3 is 14.1 Å². The van der Waals surface area contributed by atoms with Gasteiger partial charge in [0, 0.05) is 11.6 Å². The summed E-state index contributed by atoms with van der Waals surface area (Å²) in [5.41, 5.74) is 0.475. The third kappa shape index (κ3) is 4.27. The molecule has 140 valence electrons. The predicted octanol–water partition coefficient (Wildman–Crippen LogP) is 2.82. The average molecular weight is 377 g/mol. The van der Waals surface area contributed by atoms with Gasteiger partial charge in [0.1, 0.15) is 17.3 Å². The molecule has 0 spiro atoms. The summed E-state index contributed by atoms with van der Waals surface area (Å²) in [6.45, 7) is 4.46. The van der Waals surface area contributed by atoms with E-state index in [0.717, 1.165) is 5.76 Å².